The molecule has 4 heteroatoms. The third-order valence-corrected chi connectivity index (χ3v) is 2.69. The molecule has 1 atom stereocenters. The lowest BCUT2D eigenvalue weighted by Gasteiger charge is -2.14. The Kier molecular flexibility index (Phi) is 9.49. The monoisotopic (exact) mass is 244 g/mol. The first-order valence-corrected chi connectivity index (χ1v) is 6.50. The number of unbranched alkanes of at least 4 members (excludes halogenated alkanes) is 2. The molecule has 0 radical (unpaired) electrons. The molecule has 0 saturated heterocycles. The van der Waals surface area contributed by atoms with Gasteiger partial charge in [-0.1, -0.05) is 33.1 Å². The highest BCUT2D eigenvalue weighted by Gasteiger charge is 2.20. The number of carboxylic acids is 1. The van der Waals surface area contributed by atoms with Gasteiger partial charge in [0.15, 0.2) is 0 Å². The van der Waals surface area contributed by atoms with Crippen LogP contribution in [-0.2, 0) is 14.3 Å². The predicted molar refractivity (Wildman–Crippen MR) is 65.8 cm³/mol. The molecule has 0 aliphatic rings. The van der Waals surface area contributed by atoms with Crippen molar-refractivity contribution in [2.24, 2.45) is 5.92 Å². The van der Waals surface area contributed by atoms with Gasteiger partial charge in [-0.3, -0.25) is 9.59 Å². The Labute approximate surface area is 103 Å². The summed E-state index contributed by atoms with van der Waals surface area (Å²) in [5.74, 6) is -1.33. The largest absolute Gasteiger partial charge is 0.481 e. The zero-order valence-electron chi connectivity index (χ0n) is 10.9. The Morgan fingerprint density at radius 3 is 2.29 bits per heavy atom. The second-order valence-corrected chi connectivity index (χ2v) is 4.29. The highest BCUT2D eigenvalue weighted by molar-refractivity contribution is 5.74. The van der Waals surface area contributed by atoms with Crippen molar-refractivity contribution in [2.45, 2.75) is 58.8 Å². The third-order valence-electron chi connectivity index (χ3n) is 2.69. The normalized spacial score (nSPS) is 12.1. The van der Waals surface area contributed by atoms with E-state index in [-0.39, 0.29) is 18.3 Å². The van der Waals surface area contributed by atoms with Gasteiger partial charge in [0.25, 0.3) is 0 Å². The standard InChI is InChI=1S/C13H24O4/c1-3-5-7-11(8-9-12(14)15)13(16)17-10-6-4-2/h11H,3-10H2,1-2H3,(H,14,15). The zero-order chi connectivity index (χ0) is 13.1. The van der Waals surface area contributed by atoms with E-state index in [0.29, 0.717) is 13.0 Å². The smallest absolute Gasteiger partial charge is 0.308 e. The van der Waals surface area contributed by atoms with E-state index in [9.17, 15) is 9.59 Å². The van der Waals surface area contributed by atoms with Gasteiger partial charge in [0, 0.05) is 6.42 Å². The number of rotatable bonds is 10. The molecule has 0 amide bonds. The maximum atomic E-state index is 11.7. The van der Waals surface area contributed by atoms with Crippen LogP contribution in [0.3, 0.4) is 0 Å². The van der Waals surface area contributed by atoms with E-state index in [1.54, 1.807) is 0 Å². The van der Waals surface area contributed by atoms with Gasteiger partial charge in [-0.05, 0) is 19.3 Å². The fraction of sp³-hybridized carbons (Fsp3) is 0.846. The summed E-state index contributed by atoms with van der Waals surface area (Å²) in [6.07, 6.45) is 4.96. The lowest BCUT2D eigenvalue weighted by atomic mass is 9.97. The summed E-state index contributed by atoms with van der Waals surface area (Å²) >= 11 is 0. The minimum absolute atomic E-state index is 0.0389. The van der Waals surface area contributed by atoms with Crippen LogP contribution in [-0.4, -0.2) is 23.7 Å². The molecule has 17 heavy (non-hydrogen) atoms. The minimum atomic E-state index is -0.854. The maximum Gasteiger partial charge on any atom is 0.308 e. The topological polar surface area (TPSA) is 63.6 Å². The van der Waals surface area contributed by atoms with Crippen molar-refractivity contribution in [1.29, 1.82) is 0 Å². The molecule has 0 rings (SSSR count). The van der Waals surface area contributed by atoms with Crippen LogP contribution in [0.15, 0.2) is 0 Å². The average molecular weight is 244 g/mol. The zero-order valence-corrected chi connectivity index (χ0v) is 10.9. The van der Waals surface area contributed by atoms with Gasteiger partial charge in [-0.15, -0.1) is 0 Å². The fourth-order valence-electron chi connectivity index (χ4n) is 1.56. The molecule has 100 valence electrons. The van der Waals surface area contributed by atoms with Crippen LogP contribution < -0.4 is 0 Å². The summed E-state index contributed by atoms with van der Waals surface area (Å²) in [7, 11) is 0. The van der Waals surface area contributed by atoms with Crippen LogP contribution >= 0.6 is 0 Å². The van der Waals surface area contributed by atoms with Gasteiger partial charge >= 0.3 is 11.9 Å². The van der Waals surface area contributed by atoms with Crippen molar-refractivity contribution < 1.29 is 19.4 Å². The molecule has 0 aliphatic heterocycles. The molecule has 0 aromatic carbocycles. The molecule has 0 aromatic rings. The molecule has 0 spiro atoms. The SMILES string of the molecule is CCCCOC(=O)C(CCCC)CCC(=O)O. The van der Waals surface area contributed by atoms with Crippen LogP contribution in [0.4, 0.5) is 0 Å². The first kappa shape index (κ1) is 15.9. The van der Waals surface area contributed by atoms with Crippen LogP contribution in [0, 0.1) is 5.92 Å². The average Bonchev–Trinajstić information content (AvgIpc) is 2.29. The summed E-state index contributed by atoms with van der Waals surface area (Å²) in [6, 6.07) is 0. The number of aliphatic carboxylic acids is 1. The van der Waals surface area contributed by atoms with Gasteiger partial charge < -0.3 is 9.84 Å². The molecule has 1 N–H and O–H groups in total. The van der Waals surface area contributed by atoms with Crippen molar-refractivity contribution in [3.05, 3.63) is 0 Å². The Morgan fingerprint density at radius 1 is 1.12 bits per heavy atom. The fourth-order valence-corrected chi connectivity index (χ4v) is 1.56. The van der Waals surface area contributed by atoms with Gasteiger partial charge in [0.1, 0.15) is 0 Å². The summed E-state index contributed by atoms with van der Waals surface area (Å²) in [5, 5.41) is 8.63. The molecular formula is C13H24O4. The molecule has 0 aliphatic carbocycles. The van der Waals surface area contributed by atoms with Gasteiger partial charge in [0.05, 0.1) is 12.5 Å². The van der Waals surface area contributed by atoms with E-state index >= 15 is 0 Å². The van der Waals surface area contributed by atoms with E-state index in [1.165, 1.54) is 0 Å². The highest BCUT2D eigenvalue weighted by Crippen LogP contribution is 2.17. The Hall–Kier alpha value is -1.06. The summed E-state index contributed by atoms with van der Waals surface area (Å²) in [6.45, 7) is 4.54. The van der Waals surface area contributed by atoms with Crippen LogP contribution in [0.1, 0.15) is 58.8 Å². The minimum Gasteiger partial charge on any atom is -0.481 e. The molecule has 4 nitrogen and oxygen atoms in total. The highest BCUT2D eigenvalue weighted by atomic mass is 16.5. The van der Waals surface area contributed by atoms with Gasteiger partial charge in [-0.2, -0.15) is 0 Å². The number of carbonyl (C=O) groups is 2. The van der Waals surface area contributed by atoms with E-state index in [0.717, 1.165) is 32.1 Å². The van der Waals surface area contributed by atoms with Crippen molar-refractivity contribution in [3.8, 4) is 0 Å². The predicted octanol–water partition coefficient (Wildman–Crippen LogP) is 3.00. The van der Waals surface area contributed by atoms with E-state index in [2.05, 4.69) is 6.92 Å². The number of esters is 1. The van der Waals surface area contributed by atoms with Crippen LogP contribution in [0.25, 0.3) is 0 Å². The summed E-state index contributed by atoms with van der Waals surface area (Å²) in [4.78, 5) is 22.2. The number of carboxylic acid groups (broad SMARTS) is 1. The molecular weight excluding hydrogens is 220 g/mol. The van der Waals surface area contributed by atoms with E-state index in [1.807, 2.05) is 6.92 Å². The van der Waals surface area contributed by atoms with E-state index in [4.69, 9.17) is 9.84 Å². The summed E-state index contributed by atoms with van der Waals surface area (Å²) < 4.78 is 5.14. The number of hydrogen-bond acceptors (Lipinski definition) is 3. The molecule has 0 aromatic heterocycles. The van der Waals surface area contributed by atoms with Crippen molar-refractivity contribution >= 4 is 11.9 Å². The number of ether oxygens (including phenoxy) is 1. The number of hydrogen-bond donors (Lipinski definition) is 1. The van der Waals surface area contributed by atoms with Crippen molar-refractivity contribution in [1.82, 2.24) is 0 Å². The second kappa shape index (κ2) is 10.1. The maximum absolute atomic E-state index is 11.7. The summed E-state index contributed by atoms with van der Waals surface area (Å²) in [5.41, 5.74) is 0. The Balaban J connectivity index is 4.04. The molecule has 0 bridgehead atoms. The van der Waals surface area contributed by atoms with Gasteiger partial charge in [0.2, 0.25) is 0 Å². The molecule has 0 heterocycles. The van der Waals surface area contributed by atoms with Crippen molar-refractivity contribution in [3.63, 3.8) is 0 Å². The van der Waals surface area contributed by atoms with E-state index < -0.39 is 5.97 Å². The second-order valence-electron chi connectivity index (χ2n) is 4.29. The lowest BCUT2D eigenvalue weighted by molar-refractivity contribution is -0.149. The van der Waals surface area contributed by atoms with Crippen LogP contribution in [0.2, 0.25) is 0 Å². The lowest BCUT2D eigenvalue weighted by Crippen LogP contribution is -2.19. The Bertz CT molecular complexity index is 225. The molecule has 0 saturated carbocycles. The number of carbonyl (C=O) groups excluding carboxylic acids is 1. The third kappa shape index (κ3) is 8.72. The quantitative estimate of drug-likeness (QED) is 0.474. The first-order chi connectivity index (χ1) is 8.11. The first-order valence-electron chi connectivity index (χ1n) is 6.50. The van der Waals surface area contributed by atoms with Crippen LogP contribution in [0.5, 0.6) is 0 Å². The molecule has 0 fully saturated rings. The van der Waals surface area contributed by atoms with Gasteiger partial charge in [-0.25, -0.2) is 0 Å². The Morgan fingerprint density at radius 2 is 1.76 bits per heavy atom. The molecule has 1 unspecified atom stereocenters. The van der Waals surface area contributed by atoms with Crippen molar-refractivity contribution in [2.75, 3.05) is 6.61 Å².